The van der Waals surface area contributed by atoms with Crippen molar-refractivity contribution in [1.82, 2.24) is 0 Å². The van der Waals surface area contributed by atoms with E-state index in [4.69, 9.17) is 4.74 Å². The monoisotopic (exact) mass is 192 g/mol. The third-order valence-corrected chi connectivity index (χ3v) is 2.37. The number of aldehydes is 1. The van der Waals surface area contributed by atoms with Crippen molar-refractivity contribution in [2.45, 2.75) is 26.7 Å². The van der Waals surface area contributed by atoms with Crippen LogP contribution in [-0.4, -0.2) is 13.4 Å². The van der Waals surface area contributed by atoms with Crippen molar-refractivity contribution in [1.29, 1.82) is 0 Å². The number of carbonyl (C=O) groups excluding carboxylic acids is 1. The first-order chi connectivity index (χ1) is 6.76. The highest BCUT2D eigenvalue weighted by Crippen LogP contribution is 2.26. The normalized spacial score (nSPS) is 9.93. The predicted octanol–water partition coefficient (Wildman–Crippen LogP) is 2.63. The van der Waals surface area contributed by atoms with E-state index >= 15 is 0 Å². The molecule has 0 radical (unpaired) electrons. The average molecular weight is 192 g/mol. The zero-order valence-corrected chi connectivity index (χ0v) is 8.96. The number of benzene rings is 1. The Kier molecular flexibility index (Phi) is 3.69. The van der Waals surface area contributed by atoms with Crippen molar-refractivity contribution in [3.8, 4) is 5.75 Å². The predicted molar refractivity (Wildman–Crippen MR) is 57.1 cm³/mol. The quantitative estimate of drug-likeness (QED) is 0.685. The van der Waals surface area contributed by atoms with E-state index in [1.165, 1.54) is 0 Å². The van der Waals surface area contributed by atoms with Crippen molar-refractivity contribution in [3.63, 3.8) is 0 Å². The van der Waals surface area contributed by atoms with Gasteiger partial charge in [-0.25, -0.2) is 0 Å². The van der Waals surface area contributed by atoms with Gasteiger partial charge in [0.25, 0.3) is 0 Å². The van der Waals surface area contributed by atoms with Crippen LogP contribution >= 0.6 is 0 Å². The summed E-state index contributed by atoms with van der Waals surface area (Å²) in [6, 6.07) is 3.79. The summed E-state index contributed by atoms with van der Waals surface area (Å²) in [5, 5.41) is 0. The molecular formula is C12H16O2. The Bertz CT molecular complexity index is 304. The molecule has 0 aliphatic heterocycles. The van der Waals surface area contributed by atoms with E-state index in [0.29, 0.717) is 0 Å². The molecule has 1 aromatic carbocycles. The molecule has 0 heterocycles. The van der Waals surface area contributed by atoms with Gasteiger partial charge in [-0.15, -0.1) is 0 Å². The minimum Gasteiger partial charge on any atom is -0.496 e. The number of hydrogen-bond donors (Lipinski definition) is 0. The lowest BCUT2D eigenvalue weighted by Crippen LogP contribution is -1.98. The fourth-order valence-corrected chi connectivity index (χ4v) is 1.64. The third-order valence-electron chi connectivity index (χ3n) is 2.37. The van der Waals surface area contributed by atoms with Crippen LogP contribution < -0.4 is 4.74 Å². The second-order valence-corrected chi connectivity index (χ2v) is 3.20. The van der Waals surface area contributed by atoms with Gasteiger partial charge in [-0.05, 0) is 36.1 Å². The van der Waals surface area contributed by atoms with E-state index in [9.17, 15) is 4.79 Å². The maximum Gasteiger partial charge on any atom is 0.150 e. The highest BCUT2D eigenvalue weighted by Gasteiger charge is 2.08. The molecule has 0 aliphatic carbocycles. The maximum atomic E-state index is 10.7. The summed E-state index contributed by atoms with van der Waals surface area (Å²) in [7, 11) is 1.67. The summed E-state index contributed by atoms with van der Waals surface area (Å²) in [6.45, 7) is 4.12. The van der Waals surface area contributed by atoms with Gasteiger partial charge in [0.05, 0.1) is 7.11 Å². The summed E-state index contributed by atoms with van der Waals surface area (Å²) < 4.78 is 5.34. The lowest BCUT2D eigenvalue weighted by atomic mass is 10.0. The zero-order chi connectivity index (χ0) is 10.6. The molecule has 0 spiro atoms. The molecule has 0 N–H and O–H groups in total. The van der Waals surface area contributed by atoms with Crippen LogP contribution in [0.25, 0.3) is 0 Å². The average Bonchev–Trinajstić information content (AvgIpc) is 2.26. The van der Waals surface area contributed by atoms with E-state index in [1.807, 2.05) is 12.1 Å². The molecule has 2 heteroatoms. The summed E-state index contributed by atoms with van der Waals surface area (Å²) in [5.74, 6) is 0.931. The Balaban J connectivity index is 3.31. The first-order valence-electron chi connectivity index (χ1n) is 4.91. The summed E-state index contributed by atoms with van der Waals surface area (Å²) in [6.07, 6.45) is 2.66. The molecule has 0 aromatic heterocycles. The first kappa shape index (κ1) is 10.8. The Labute approximate surface area is 84.9 Å². The summed E-state index contributed by atoms with van der Waals surface area (Å²) in [5.41, 5.74) is 2.95. The number of carbonyl (C=O) groups is 1. The molecule has 1 aromatic rings. The van der Waals surface area contributed by atoms with Gasteiger partial charge in [-0.2, -0.15) is 0 Å². The lowest BCUT2D eigenvalue weighted by Gasteiger charge is -2.12. The molecule has 0 saturated carbocycles. The number of ether oxygens (including phenoxy) is 1. The van der Waals surface area contributed by atoms with Crippen molar-refractivity contribution < 1.29 is 9.53 Å². The molecule has 0 aliphatic rings. The third kappa shape index (κ3) is 1.95. The number of rotatable bonds is 4. The van der Waals surface area contributed by atoms with Gasteiger partial charge in [0, 0.05) is 5.56 Å². The van der Waals surface area contributed by atoms with Gasteiger partial charge < -0.3 is 4.74 Å². The van der Waals surface area contributed by atoms with Gasteiger partial charge in [0.2, 0.25) is 0 Å². The van der Waals surface area contributed by atoms with Crippen LogP contribution in [0.3, 0.4) is 0 Å². The first-order valence-corrected chi connectivity index (χ1v) is 4.91. The van der Waals surface area contributed by atoms with Crippen LogP contribution in [0.15, 0.2) is 12.1 Å². The smallest absolute Gasteiger partial charge is 0.150 e. The number of hydrogen-bond acceptors (Lipinski definition) is 2. The van der Waals surface area contributed by atoms with E-state index in [0.717, 1.165) is 41.6 Å². The molecule has 0 saturated heterocycles. The SMILES string of the molecule is CCc1cc(C=O)cc(CC)c1OC. The lowest BCUT2D eigenvalue weighted by molar-refractivity contribution is 0.112. The van der Waals surface area contributed by atoms with Crippen LogP contribution in [0, 0.1) is 0 Å². The maximum absolute atomic E-state index is 10.7. The van der Waals surface area contributed by atoms with Crippen LogP contribution in [0.5, 0.6) is 5.75 Å². The Morgan fingerprint density at radius 1 is 1.21 bits per heavy atom. The van der Waals surface area contributed by atoms with Crippen molar-refractivity contribution in [2.75, 3.05) is 7.11 Å². The van der Waals surface area contributed by atoms with Gasteiger partial charge in [-0.3, -0.25) is 4.79 Å². The van der Waals surface area contributed by atoms with Crippen molar-refractivity contribution in [2.24, 2.45) is 0 Å². The zero-order valence-electron chi connectivity index (χ0n) is 8.96. The Morgan fingerprint density at radius 3 is 2.00 bits per heavy atom. The molecular weight excluding hydrogens is 176 g/mol. The molecule has 0 amide bonds. The largest absolute Gasteiger partial charge is 0.496 e. The fraction of sp³-hybridized carbons (Fsp3) is 0.417. The van der Waals surface area contributed by atoms with Crippen molar-refractivity contribution >= 4 is 6.29 Å². The topological polar surface area (TPSA) is 26.3 Å². The second-order valence-electron chi connectivity index (χ2n) is 3.20. The van der Waals surface area contributed by atoms with Crippen molar-refractivity contribution in [3.05, 3.63) is 28.8 Å². The van der Waals surface area contributed by atoms with Crippen LogP contribution in [0.4, 0.5) is 0 Å². The molecule has 0 bridgehead atoms. The Hall–Kier alpha value is -1.31. The van der Waals surface area contributed by atoms with Gasteiger partial charge in [0.1, 0.15) is 12.0 Å². The molecule has 0 atom stereocenters. The molecule has 0 fully saturated rings. The van der Waals surface area contributed by atoms with Crippen LogP contribution in [0.1, 0.15) is 35.3 Å². The minimum atomic E-state index is 0.736. The minimum absolute atomic E-state index is 0.736. The second kappa shape index (κ2) is 4.80. The van der Waals surface area contributed by atoms with E-state index < -0.39 is 0 Å². The highest BCUT2D eigenvalue weighted by atomic mass is 16.5. The summed E-state index contributed by atoms with van der Waals surface area (Å²) >= 11 is 0. The molecule has 76 valence electrons. The van der Waals surface area contributed by atoms with Gasteiger partial charge in [0.15, 0.2) is 0 Å². The van der Waals surface area contributed by atoms with Crippen LogP contribution in [0.2, 0.25) is 0 Å². The molecule has 2 nitrogen and oxygen atoms in total. The fourth-order valence-electron chi connectivity index (χ4n) is 1.64. The number of aryl methyl sites for hydroxylation is 2. The molecule has 0 unspecified atom stereocenters. The highest BCUT2D eigenvalue weighted by molar-refractivity contribution is 5.76. The van der Waals surface area contributed by atoms with Gasteiger partial charge in [-0.1, -0.05) is 13.8 Å². The molecule has 1 rings (SSSR count). The van der Waals surface area contributed by atoms with E-state index in [2.05, 4.69) is 13.8 Å². The molecule has 14 heavy (non-hydrogen) atoms. The van der Waals surface area contributed by atoms with Crippen LogP contribution in [-0.2, 0) is 12.8 Å². The van der Waals surface area contributed by atoms with Gasteiger partial charge >= 0.3 is 0 Å². The summed E-state index contributed by atoms with van der Waals surface area (Å²) in [4.78, 5) is 10.7. The standard InChI is InChI=1S/C12H16O2/c1-4-10-6-9(8-13)7-11(5-2)12(10)14-3/h6-8H,4-5H2,1-3H3. The Morgan fingerprint density at radius 2 is 1.71 bits per heavy atom. The number of methoxy groups -OCH3 is 1. The van der Waals surface area contributed by atoms with E-state index in [-0.39, 0.29) is 0 Å². The van der Waals surface area contributed by atoms with E-state index in [1.54, 1.807) is 7.11 Å².